The van der Waals surface area contributed by atoms with Crippen LogP contribution in [0.5, 0.6) is 0 Å². The molecule has 0 aliphatic heterocycles. The zero-order valence-electron chi connectivity index (χ0n) is 13.1. The monoisotopic (exact) mass is 330 g/mol. The highest BCUT2D eigenvalue weighted by molar-refractivity contribution is 7.13. The molecule has 120 valence electrons. The van der Waals surface area contributed by atoms with Gasteiger partial charge in [-0.3, -0.25) is 0 Å². The van der Waals surface area contributed by atoms with E-state index in [1.54, 1.807) is 23.6 Å². The molecule has 0 fully saturated rings. The minimum absolute atomic E-state index is 0.0690. The molecule has 23 heavy (non-hydrogen) atoms. The number of hydrogen-bond acceptors (Lipinski definition) is 4. The number of aliphatic hydroxyl groups excluding tert-OH is 1. The zero-order chi connectivity index (χ0) is 16.4. The number of pyridine rings is 1. The van der Waals surface area contributed by atoms with E-state index < -0.39 is 0 Å². The summed E-state index contributed by atoms with van der Waals surface area (Å²) < 4.78 is 14.5. The van der Waals surface area contributed by atoms with Crippen molar-refractivity contribution in [3.8, 4) is 10.4 Å². The van der Waals surface area contributed by atoms with Crippen LogP contribution in [0.25, 0.3) is 21.2 Å². The van der Waals surface area contributed by atoms with E-state index in [0.717, 1.165) is 15.8 Å². The summed E-state index contributed by atoms with van der Waals surface area (Å²) in [4.78, 5) is 5.48. The van der Waals surface area contributed by atoms with Crippen molar-refractivity contribution in [2.24, 2.45) is 5.41 Å². The Morgan fingerprint density at radius 2 is 2.09 bits per heavy atom. The molecule has 0 unspecified atom stereocenters. The molecule has 0 radical (unpaired) electrons. The van der Waals surface area contributed by atoms with Crippen LogP contribution >= 0.6 is 11.3 Å². The van der Waals surface area contributed by atoms with E-state index in [-0.39, 0.29) is 17.8 Å². The maximum absolute atomic E-state index is 14.5. The SMILES string of the molecule is CC(C)(CO)CNc1ncc(-c2cccs2)c2c(F)cccc12. The lowest BCUT2D eigenvalue weighted by Gasteiger charge is -2.23. The van der Waals surface area contributed by atoms with Crippen LogP contribution in [-0.2, 0) is 0 Å². The zero-order valence-corrected chi connectivity index (χ0v) is 14.0. The number of halogens is 1. The summed E-state index contributed by atoms with van der Waals surface area (Å²) in [7, 11) is 0. The van der Waals surface area contributed by atoms with Crippen LogP contribution in [0, 0.1) is 11.2 Å². The molecular formula is C18H19FN2OS. The first kappa shape index (κ1) is 15.9. The van der Waals surface area contributed by atoms with Crippen LogP contribution in [-0.4, -0.2) is 23.2 Å². The first-order valence-corrected chi connectivity index (χ1v) is 8.36. The standard InChI is InChI=1S/C18H19FN2OS/c1-18(2,11-22)10-21-17-12-5-3-6-14(19)16(12)13(9-20-17)15-7-4-8-23-15/h3-9,22H,10-11H2,1-2H3,(H,20,21). The Morgan fingerprint density at radius 1 is 1.26 bits per heavy atom. The van der Waals surface area contributed by atoms with E-state index >= 15 is 0 Å². The molecule has 2 aromatic heterocycles. The minimum Gasteiger partial charge on any atom is -0.396 e. The lowest BCUT2D eigenvalue weighted by atomic mass is 9.95. The fraction of sp³-hybridized carbons (Fsp3) is 0.278. The highest BCUT2D eigenvalue weighted by Gasteiger charge is 2.18. The summed E-state index contributed by atoms with van der Waals surface area (Å²) >= 11 is 1.57. The third kappa shape index (κ3) is 3.21. The molecule has 0 aliphatic carbocycles. The van der Waals surface area contributed by atoms with Crippen molar-refractivity contribution >= 4 is 27.9 Å². The molecule has 3 aromatic rings. The van der Waals surface area contributed by atoms with Crippen molar-refractivity contribution in [1.29, 1.82) is 0 Å². The predicted molar refractivity (Wildman–Crippen MR) is 94.4 cm³/mol. The second-order valence-electron chi connectivity index (χ2n) is 6.34. The van der Waals surface area contributed by atoms with Crippen molar-refractivity contribution in [2.45, 2.75) is 13.8 Å². The second kappa shape index (κ2) is 6.26. The average Bonchev–Trinajstić information content (AvgIpc) is 3.07. The van der Waals surface area contributed by atoms with Gasteiger partial charge in [0, 0.05) is 46.0 Å². The summed E-state index contributed by atoms with van der Waals surface area (Å²) in [6, 6.07) is 8.95. The average molecular weight is 330 g/mol. The number of aliphatic hydroxyl groups is 1. The third-order valence-corrected chi connectivity index (χ3v) is 4.71. The molecule has 5 heteroatoms. The second-order valence-corrected chi connectivity index (χ2v) is 7.28. The minimum atomic E-state index is -0.270. The van der Waals surface area contributed by atoms with Gasteiger partial charge in [-0.1, -0.05) is 32.0 Å². The number of anilines is 1. The lowest BCUT2D eigenvalue weighted by Crippen LogP contribution is -2.27. The molecule has 0 atom stereocenters. The van der Waals surface area contributed by atoms with Gasteiger partial charge in [0.1, 0.15) is 11.6 Å². The maximum atomic E-state index is 14.5. The molecule has 0 saturated carbocycles. The molecule has 1 aromatic carbocycles. The van der Waals surface area contributed by atoms with Crippen molar-refractivity contribution in [3.05, 3.63) is 47.7 Å². The Morgan fingerprint density at radius 3 is 2.78 bits per heavy atom. The van der Waals surface area contributed by atoms with Crippen molar-refractivity contribution < 1.29 is 9.50 Å². The topological polar surface area (TPSA) is 45.1 Å². The van der Waals surface area contributed by atoms with Gasteiger partial charge in [0.25, 0.3) is 0 Å². The number of aromatic nitrogens is 1. The number of thiophene rings is 1. The van der Waals surface area contributed by atoms with Gasteiger partial charge in [0.2, 0.25) is 0 Å². The molecular weight excluding hydrogens is 311 g/mol. The van der Waals surface area contributed by atoms with Crippen LogP contribution in [0.4, 0.5) is 10.2 Å². The summed E-state index contributed by atoms with van der Waals surface area (Å²) in [6.07, 6.45) is 1.71. The van der Waals surface area contributed by atoms with Crippen LogP contribution < -0.4 is 5.32 Å². The fourth-order valence-electron chi connectivity index (χ4n) is 2.40. The molecule has 2 heterocycles. The van der Waals surface area contributed by atoms with Crippen LogP contribution in [0.15, 0.2) is 41.9 Å². The van der Waals surface area contributed by atoms with Gasteiger partial charge >= 0.3 is 0 Å². The summed E-state index contributed by atoms with van der Waals surface area (Å²) in [6.45, 7) is 4.55. The van der Waals surface area contributed by atoms with Gasteiger partial charge in [0.15, 0.2) is 0 Å². The quantitative estimate of drug-likeness (QED) is 0.722. The Hall–Kier alpha value is -1.98. The Labute approximate surface area is 138 Å². The number of rotatable bonds is 5. The number of hydrogen-bond donors (Lipinski definition) is 2. The molecule has 0 aliphatic rings. The van der Waals surface area contributed by atoms with E-state index in [9.17, 15) is 9.50 Å². The molecule has 3 nitrogen and oxygen atoms in total. The number of benzene rings is 1. The molecule has 0 spiro atoms. The van der Waals surface area contributed by atoms with Crippen LogP contribution in [0.1, 0.15) is 13.8 Å². The highest BCUT2D eigenvalue weighted by Crippen LogP contribution is 2.35. The van der Waals surface area contributed by atoms with Crippen LogP contribution in [0.3, 0.4) is 0 Å². The smallest absolute Gasteiger partial charge is 0.133 e. The normalized spacial score (nSPS) is 11.8. The Balaban J connectivity index is 2.09. The number of nitrogens with one attached hydrogen (secondary N) is 1. The van der Waals surface area contributed by atoms with Gasteiger partial charge in [-0.25, -0.2) is 9.37 Å². The maximum Gasteiger partial charge on any atom is 0.133 e. The van der Waals surface area contributed by atoms with Gasteiger partial charge in [-0.05, 0) is 17.5 Å². The van der Waals surface area contributed by atoms with E-state index in [0.29, 0.717) is 17.7 Å². The highest BCUT2D eigenvalue weighted by atomic mass is 32.1. The molecule has 2 N–H and O–H groups in total. The van der Waals surface area contributed by atoms with Gasteiger partial charge in [0.05, 0.1) is 0 Å². The molecule has 3 rings (SSSR count). The number of nitrogens with zero attached hydrogens (tertiary/aromatic N) is 1. The first-order valence-electron chi connectivity index (χ1n) is 7.48. The molecule has 0 amide bonds. The van der Waals surface area contributed by atoms with E-state index in [1.165, 1.54) is 6.07 Å². The first-order chi connectivity index (χ1) is 11.0. The lowest BCUT2D eigenvalue weighted by molar-refractivity contribution is 0.171. The largest absolute Gasteiger partial charge is 0.396 e. The van der Waals surface area contributed by atoms with Crippen molar-refractivity contribution in [2.75, 3.05) is 18.5 Å². The van der Waals surface area contributed by atoms with Gasteiger partial charge < -0.3 is 10.4 Å². The summed E-state index contributed by atoms with van der Waals surface area (Å²) in [5.74, 6) is 0.388. The molecule has 0 bridgehead atoms. The van der Waals surface area contributed by atoms with E-state index in [2.05, 4.69) is 10.3 Å². The van der Waals surface area contributed by atoms with Gasteiger partial charge in [-0.2, -0.15) is 0 Å². The summed E-state index contributed by atoms with van der Waals surface area (Å²) in [5.41, 5.74) is 0.536. The van der Waals surface area contributed by atoms with E-state index in [4.69, 9.17) is 0 Å². The van der Waals surface area contributed by atoms with Crippen molar-refractivity contribution in [3.63, 3.8) is 0 Å². The summed E-state index contributed by atoms with van der Waals surface area (Å²) in [5, 5.41) is 15.9. The van der Waals surface area contributed by atoms with E-state index in [1.807, 2.05) is 37.4 Å². The predicted octanol–water partition coefficient (Wildman–Crippen LogP) is 4.53. The Kier molecular flexibility index (Phi) is 4.33. The third-order valence-electron chi connectivity index (χ3n) is 3.81. The number of fused-ring (bicyclic) bond motifs is 1. The van der Waals surface area contributed by atoms with Crippen LogP contribution in [0.2, 0.25) is 0 Å². The Bertz CT molecular complexity index is 815. The van der Waals surface area contributed by atoms with Crippen molar-refractivity contribution in [1.82, 2.24) is 4.98 Å². The fourth-order valence-corrected chi connectivity index (χ4v) is 3.14. The molecule has 0 saturated heterocycles. The van der Waals surface area contributed by atoms with Gasteiger partial charge in [-0.15, -0.1) is 11.3 Å².